The van der Waals surface area contributed by atoms with E-state index in [0.29, 0.717) is 12.1 Å². The van der Waals surface area contributed by atoms with E-state index in [-0.39, 0.29) is 17.9 Å². The molecule has 106 valence electrons. The Morgan fingerprint density at radius 1 is 1.20 bits per heavy atom. The van der Waals surface area contributed by atoms with Crippen molar-refractivity contribution in [2.24, 2.45) is 5.73 Å². The van der Waals surface area contributed by atoms with Gasteiger partial charge in [-0.3, -0.25) is 9.88 Å². The Morgan fingerprint density at radius 2 is 1.85 bits per heavy atom. The third-order valence-electron chi connectivity index (χ3n) is 3.77. The number of aromatic nitrogens is 1. The molecule has 2 aromatic rings. The number of hydrogen-bond donors (Lipinski definition) is 1. The van der Waals surface area contributed by atoms with E-state index < -0.39 is 0 Å². The summed E-state index contributed by atoms with van der Waals surface area (Å²) in [6.07, 6.45) is 3.50. The number of nitrogens with zero attached hydrogens (tertiary/aromatic N) is 2. The summed E-state index contributed by atoms with van der Waals surface area (Å²) >= 11 is 0. The smallest absolute Gasteiger partial charge is 0.127 e. The molecule has 1 aromatic heterocycles. The van der Waals surface area contributed by atoms with Crippen LogP contribution >= 0.6 is 0 Å². The van der Waals surface area contributed by atoms with Crippen LogP contribution in [0.15, 0.2) is 48.8 Å². The van der Waals surface area contributed by atoms with Crippen molar-refractivity contribution in [3.63, 3.8) is 0 Å². The molecule has 1 aromatic carbocycles. The molecule has 2 atom stereocenters. The van der Waals surface area contributed by atoms with Crippen LogP contribution in [-0.4, -0.2) is 23.5 Å². The first-order chi connectivity index (χ1) is 9.65. The molecule has 0 aliphatic carbocycles. The van der Waals surface area contributed by atoms with Gasteiger partial charge in [0.2, 0.25) is 0 Å². The summed E-state index contributed by atoms with van der Waals surface area (Å²) in [6, 6.07) is 10.7. The Hall–Kier alpha value is -1.78. The predicted molar refractivity (Wildman–Crippen MR) is 78.6 cm³/mol. The fraction of sp³-hybridized carbons (Fsp3) is 0.312. The van der Waals surface area contributed by atoms with Crippen LogP contribution in [0.1, 0.15) is 30.1 Å². The minimum atomic E-state index is -0.183. The van der Waals surface area contributed by atoms with E-state index in [1.54, 1.807) is 18.5 Å². The lowest BCUT2D eigenvalue weighted by Gasteiger charge is -2.33. The van der Waals surface area contributed by atoms with Gasteiger partial charge in [-0.25, -0.2) is 4.39 Å². The average Bonchev–Trinajstić information content (AvgIpc) is 2.49. The molecule has 3 nitrogen and oxygen atoms in total. The van der Waals surface area contributed by atoms with E-state index in [1.165, 1.54) is 6.07 Å². The Balaban J connectivity index is 2.25. The van der Waals surface area contributed by atoms with Gasteiger partial charge in [0.05, 0.1) is 0 Å². The van der Waals surface area contributed by atoms with E-state index in [2.05, 4.69) is 9.88 Å². The minimum absolute atomic E-state index is 0.0348. The molecule has 0 aliphatic rings. The highest BCUT2D eigenvalue weighted by Crippen LogP contribution is 2.29. The van der Waals surface area contributed by atoms with Gasteiger partial charge < -0.3 is 5.73 Å². The van der Waals surface area contributed by atoms with Crippen molar-refractivity contribution in [2.75, 3.05) is 13.6 Å². The van der Waals surface area contributed by atoms with Crippen LogP contribution in [0.25, 0.3) is 0 Å². The fourth-order valence-corrected chi connectivity index (χ4v) is 2.43. The first-order valence-electron chi connectivity index (χ1n) is 6.71. The second-order valence-corrected chi connectivity index (χ2v) is 4.90. The quantitative estimate of drug-likeness (QED) is 0.910. The van der Waals surface area contributed by atoms with Crippen LogP contribution in [0.5, 0.6) is 0 Å². The standard InChI is InChI=1S/C16H20FN3/c1-12(14-5-3-4-6-15(14)17)20(2)16(11-18)13-7-9-19-10-8-13/h3-10,12,16H,11,18H2,1-2H3. The van der Waals surface area contributed by atoms with Crippen molar-refractivity contribution < 1.29 is 4.39 Å². The van der Waals surface area contributed by atoms with Gasteiger partial charge in [0.1, 0.15) is 5.82 Å². The normalized spacial score (nSPS) is 14.2. The molecule has 0 bridgehead atoms. The molecule has 0 saturated carbocycles. The van der Waals surface area contributed by atoms with Crippen molar-refractivity contribution in [2.45, 2.75) is 19.0 Å². The topological polar surface area (TPSA) is 42.1 Å². The van der Waals surface area contributed by atoms with Gasteiger partial charge in [0, 0.05) is 36.6 Å². The predicted octanol–water partition coefficient (Wildman–Crippen LogP) is 2.91. The van der Waals surface area contributed by atoms with Crippen LogP contribution in [0.3, 0.4) is 0 Å². The molecule has 2 rings (SSSR count). The Labute approximate surface area is 119 Å². The van der Waals surface area contributed by atoms with Crippen molar-refractivity contribution in [1.82, 2.24) is 9.88 Å². The van der Waals surface area contributed by atoms with Gasteiger partial charge in [0.25, 0.3) is 0 Å². The van der Waals surface area contributed by atoms with Gasteiger partial charge >= 0.3 is 0 Å². The number of pyridine rings is 1. The lowest BCUT2D eigenvalue weighted by atomic mass is 10.0. The summed E-state index contributed by atoms with van der Waals surface area (Å²) in [4.78, 5) is 6.11. The third kappa shape index (κ3) is 3.03. The van der Waals surface area contributed by atoms with Gasteiger partial charge in [-0.15, -0.1) is 0 Å². The van der Waals surface area contributed by atoms with Crippen molar-refractivity contribution in [1.29, 1.82) is 0 Å². The maximum atomic E-state index is 13.9. The second-order valence-electron chi connectivity index (χ2n) is 4.90. The van der Waals surface area contributed by atoms with Crippen molar-refractivity contribution in [3.05, 3.63) is 65.7 Å². The maximum Gasteiger partial charge on any atom is 0.127 e. The summed E-state index contributed by atoms with van der Waals surface area (Å²) in [7, 11) is 1.97. The Morgan fingerprint density at radius 3 is 2.45 bits per heavy atom. The Bertz CT molecular complexity index is 544. The zero-order valence-corrected chi connectivity index (χ0v) is 11.8. The van der Waals surface area contributed by atoms with Crippen molar-refractivity contribution in [3.8, 4) is 0 Å². The molecule has 0 amide bonds. The molecule has 0 aliphatic heterocycles. The van der Waals surface area contributed by atoms with Gasteiger partial charge in [-0.05, 0) is 37.7 Å². The van der Waals surface area contributed by atoms with Crippen LogP contribution in [0, 0.1) is 5.82 Å². The average molecular weight is 273 g/mol. The SMILES string of the molecule is CC(c1ccccc1F)N(C)C(CN)c1ccncc1. The van der Waals surface area contributed by atoms with Gasteiger partial charge in [-0.1, -0.05) is 18.2 Å². The van der Waals surface area contributed by atoms with E-state index in [4.69, 9.17) is 5.73 Å². The van der Waals surface area contributed by atoms with Crippen LogP contribution < -0.4 is 5.73 Å². The summed E-state index contributed by atoms with van der Waals surface area (Å²) in [5, 5.41) is 0. The molecule has 20 heavy (non-hydrogen) atoms. The maximum absolute atomic E-state index is 13.9. The Kier molecular flexibility index (Phi) is 4.82. The molecule has 2 N–H and O–H groups in total. The number of halogens is 1. The summed E-state index contributed by atoms with van der Waals surface area (Å²) in [6.45, 7) is 2.46. The molecule has 1 heterocycles. The van der Waals surface area contributed by atoms with Crippen molar-refractivity contribution >= 4 is 0 Å². The fourth-order valence-electron chi connectivity index (χ4n) is 2.43. The first kappa shape index (κ1) is 14.6. The highest BCUT2D eigenvalue weighted by molar-refractivity contribution is 5.22. The highest BCUT2D eigenvalue weighted by atomic mass is 19.1. The van der Waals surface area contributed by atoms with E-state index in [0.717, 1.165) is 5.56 Å². The van der Waals surface area contributed by atoms with Gasteiger partial charge in [-0.2, -0.15) is 0 Å². The summed E-state index contributed by atoms with van der Waals surface area (Å²) in [5.41, 5.74) is 7.68. The molecule has 0 fully saturated rings. The number of likely N-dealkylation sites (N-methyl/N-ethyl adjacent to an activating group) is 1. The van der Waals surface area contributed by atoms with Gasteiger partial charge in [0.15, 0.2) is 0 Å². The van der Waals surface area contributed by atoms with E-state index in [9.17, 15) is 4.39 Å². The highest BCUT2D eigenvalue weighted by Gasteiger charge is 2.23. The lowest BCUT2D eigenvalue weighted by molar-refractivity contribution is 0.187. The molecule has 0 saturated heterocycles. The van der Waals surface area contributed by atoms with Crippen LogP contribution in [0.2, 0.25) is 0 Å². The third-order valence-corrected chi connectivity index (χ3v) is 3.77. The molecule has 2 unspecified atom stereocenters. The summed E-state index contributed by atoms with van der Waals surface area (Å²) < 4.78 is 13.9. The molecular weight excluding hydrogens is 253 g/mol. The zero-order valence-electron chi connectivity index (χ0n) is 11.8. The van der Waals surface area contributed by atoms with E-state index >= 15 is 0 Å². The number of hydrogen-bond acceptors (Lipinski definition) is 3. The number of rotatable bonds is 5. The largest absolute Gasteiger partial charge is 0.329 e. The molecule has 0 spiro atoms. The van der Waals surface area contributed by atoms with Crippen LogP contribution in [0.4, 0.5) is 4.39 Å². The first-order valence-corrected chi connectivity index (χ1v) is 6.71. The monoisotopic (exact) mass is 273 g/mol. The lowest BCUT2D eigenvalue weighted by Crippen LogP contribution is -2.33. The summed E-state index contributed by atoms with van der Waals surface area (Å²) in [5.74, 6) is -0.183. The van der Waals surface area contributed by atoms with E-state index in [1.807, 2.05) is 38.2 Å². The minimum Gasteiger partial charge on any atom is -0.329 e. The zero-order chi connectivity index (χ0) is 14.5. The number of benzene rings is 1. The van der Waals surface area contributed by atoms with Crippen LogP contribution in [-0.2, 0) is 0 Å². The molecular formula is C16H20FN3. The second kappa shape index (κ2) is 6.59. The molecule has 4 heteroatoms. The number of nitrogens with two attached hydrogens (primary N) is 1. The molecule has 0 radical (unpaired) electrons.